The van der Waals surface area contributed by atoms with Crippen molar-refractivity contribution in [3.63, 3.8) is 0 Å². The molecule has 1 aliphatic carbocycles. The van der Waals surface area contributed by atoms with Crippen LogP contribution in [-0.2, 0) is 0 Å². The predicted molar refractivity (Wildman–Crippen MR) is 101 cm³/mol. The largest absolute Gasteiger partial charge is 0.212 e. The molecule has 4 heteroatoms. The van der Waals surface area contributed by atoms with Gasteiger partial charge in [-0.2, -0.15) is 0 Å². The molecule has 0 saturated heterocycles. The van der Waals surface area contributed by atoms with Gasteiger partial charge in [0.05, 0.1) is 0 Å². The first kappa shape index (κ1) is 15.7. The van der Waals surface area contributed by atoms with Crippen molar-refractivity contribution in [3.8, 4) is 22.8 Å². The van der Waals surface area contributed by atoms with Gasteiger partial charge in [-0.15, -0.1) is 0 Å². The Hall–Kier alpha value is -2.78. The smallest absolute Gasteiger partial charge is 0.163 e. The maximum atomic E-state index is 6.15. The molecular weight excluding hydrogens is 330 g/mol. The third kappa shape index (κ3) is 3.52. The highest BCUT2D eigenvalue weighted by atomic mass is 35.5. The molecule has 0 amide bonds. The van der Waals surface area contributed by atoms with Gasteiger partial charge >= 0.3 is 0 Å². The SMILES string of the molecule is Clc1cccc(-c2nc(-c3ccccc3)nc(C3C=CC=CC3)n2)c1. The van der Waals surface area contributed by atoms with Gasteiger partial charge in [0.1, 0.15) is 5.82 Å². The van der Waals surface area contributed by atoms with Gasteiger partial charge in [0, 0.05) is 22.1 Å². The van der Waals surface area contributed by atoms with Crippen LogP contribution < -0.4 is 0 Å². The molecule has 1 unspecified atom stereocenters. The fourth-order valence-electron chi connectivity index (χ4n) is 2.80. The molecule has 1 atom stereocenters. The summed E-state index contributed by atoms with van der Waals surface area (Å²) in [5, 5.41) is 0.668. The molecular formula is C21H16ClN3. The van der Waals surface area contributed by atoms with Crippen molar-refractivity contribution in [2.24, 2.45) is 0 Å². The number of hydrogen-bond donors (Lipinski definition) is 0. The fourth-order valence-corrected chi connectivity index (χ4v) is 2.99. The van der Waals surface area contributed by atoms with Crippen molar-refractivity contribution in [3.05, 3.63) is 89.7 Å². The molecule has 1 aliphatic rings. The van der Waals surface area contributed by atoms with Crippen LogP contribution in [0.2, 0.25) is 5.02 Å². The van der Waals surface area contributed by atoms with Crippen molar-refractivity contribution in [1.82, 2.24) is 15.0 Å². The van der Waals surface area contributed by atoms with Gasteiger partial charge in [0.25, 0.3) is 0 Å². The van der Waals surface area contributed by atoms with Gasteiger partial charge in [-0.3, -0.25) is 0 Å². The minimum Gasteiger partial charge on any atom is -0.212 e. The van der Waals surface area contributed by atoms with Crippen LogP contribution in [0.3, 0.4) is 0 Å². The first-order valence-corrected chi connectivity index (χ1v) is 8.58. The van der Waals surface area contributed by atoms with Crippen molar-refractivity contribution >= 4 is 11.6 Å². The summed E-state index contributed by atoms with van der Waals surface area (Å²) < 4.78 is 0. The zero-order chi connectivity index (χ0) is 17.1. The molecule has 0 saturated carbocycles. The fraction of sp³-hybridized carbons (Fsp3) is 0.0952. The van der Waals surface area contributed by atoms with Crippen molar-refractivity contribution in [2.45, 2.75) is 12.3 Å². The Bertz CT molecular complexity index is 948. The van der Waals surface area contributed by atoms with E-state index in [9.17, 15) is 0 Å². The second-order valence-electron chi connectivity index (χ2n) is 5.87. The van der Waals surface area contributed by atoms with Crippen LogP contribution in [0.5, 0.6) is 0 Å². The van der Waals surface area contributed by atoms with E-state index in [2.05, 4.69) is 17.1 Å². The lowest BCUT2D eigenvalue weighted by Crippen LogP contribution is -2.07. The zero-order valence-electron chi connectivity index (χ0n) is 13.5. The van der Waals surface area contributed by atoms with Crippen LogP contribution in [0, 0.1) is 0 Å². The summed E-state index contributed by atoms with van der Waals surface area (Å²) in [6, 6.07) is 17.6. The average molecular weight is 346 g/mol. The summed E-state index contributed by atoms with van der Waals surface area (Å²) in [6.07, 6.45) is 9.25. The molecule has 0 fully saturated rings. The van der Waals surface area contributed by atoms with Gasteiger partial charge in [-0.1, -0.05) is 78.4 Å². The molecule has 4 rings (SSSR count). The second-order valence-corrected chi connectivity index (χ2v) is 6.31. The number of allylic oxidation sites excluding steroid dienone is 4. The van der Waals surface area contributed by atoms with E-state index in [4.69, 9.17) is 21.6 Å². The summed E-state index contributed by atoms with van der Waals surface area (Å²) in [5.74, 6) is 2.27. The van der Waals surface area contributed by atoms with Crippen molar-refractivity contribution in [2.75, 3.05) is 0 Å². The molecule has 1 aromatic heterocycles. The standard InChI is InChI=1S/C21H16ClN3/c22-18-13-7-12-17(14-18)21-24-19(15-8-3-1-4-9-15)23-20(25-21)16-10-5-2-6-11-16/h1-10,12-14,16H,11H2. The monoisotopic (exact) mass is 345 g/mol. The molecule has 3 nitrogen and oxygen atoms in total. The van der Waals surface area contributed by atoms with Gasteiger partial charge in [0.2, 0.25) is 0 Å². The summed E-state index contributed by atoms with van der Waals surface area (Å²) in [4.78, 5) is 14.1. The number of aromatic nitrogens is 3. The molecule has 0 radical (unpaired) electrons. The van der Waals surface area contributed by atoms with Gasteiger partial charge in [-0.25, -0.2) is 15.0 Å². The summed E-state index contributed by atoms with van der Waals surface area (Å²) >= 11 is 6.15. The number of rotatable bonds is 3. The van der Waals surface area contributed by atoms with E-state index >= 15 is 0 Å². The molecule has 25 heavy (non-hydrogen) atoms. The first-order chi connectivity index (χ1) is 12.3. The average Bonchev–Trinajstić information content (AvgIpc) is 2.69. The van der Waals surface area contributed by atoms with E-state index in [0.717, 1.165) is 23.4 Å². The molecule has 0 aliphatic heterocycles. The Labute approximate surface area is 151 Å². The maximum absolute atomic E-state index is 6.15. The number of halogens is 1. The molecule has 0 spiro atoms. The van der Waals surface area contributed by atoms with E-state index in [1.165, 1.54) is 0 Å². The highest BCUT2D eigenvalue weighted by Gasteiger charge is 2.17. The first-order valence-electron chi connectivity index (χ1n) is 8.20. The summed E-state index contributed by atoms with van der Waals surface area (Å²) in [5.41, 5.74) is 1.87. The molecule has 0 bridgehead atoms. The minimum atomic E-state index is 0.161. The van der Waals surface area contributed by atoms with E-state index in [1.807, 2.05) is 66.7 Å². The van der Waals surface area contributed by atoms with Crippen molar-refractivity contribution in [1.29, 1.82) is 0 Å². The Balaban J connectivity index is 1.86. The Morgan fingerprint density at radius 3 is 2.28 bits per heavy atom. The Morgan fingerprint density at radius 1 is 0.800 bits per heavy atom. The van der Waals surface area contributed by atoms with Crippen LogP contribution in [-0.4, -0.2) is 15.0 Å². The molecule has 0 N–H and O–H groups in total. The van der Waals surface area contributed by atoms with Gasteiger partial charge in [0.15, 0.2) is 11.6 Å². The van der Waals surface area contributed by atoms with Gasteiger partial charge in [-0.05, 0) is 18.6 Å². The number of hydrogen-bond acceptors (Lipinski definition) is 3. The van der Waals surface area contributed by atoms with E-state index < -0.39 is 0 Å². The lowest BCUT2D eigenvalue weighted by atomic mass is 10.00. The normalized spacial score (nSPS) is 16.1. The summed E-state index contributed by atoms with van der Waals surface area (Å²) in [6.45, 7) is 0. The predicted octanol–water partition coefficient (Wildman–Crippen LogP) is 5.46. The molecule has 122 valence electrons. The lowest BCUT2D eigenvalue weighted by Gasteiger charge is -2.14. The Kier molecular flexibility index (Phi) is 4.40. The van der Waals surface area contributed by atoms with Crippen LogP contribution in [0.4, 0.5) is 0 Å². The minimum absolute atomic E-state index is 0.161. The maximum Gasteiger partial charge on any atom is 0.163 e. The third-order valence-electron chi connectivity index (χ3n) is 4.08. The van der Waals surface area contributed by atoms with Crippen molar-refractivity contribution < 1.29 is 0 Å². The van der Waals surface area contributed by atoms with Crippen LogP contribution in [0.1, 0.15) is 18.2 Å². The topological polar surface area (TPSA) is 38.7 Å². The van der Waals surface area contributed by atoms with Crippen LogP contribution >= 0.6 is 11.6 Å². The number of benzene rings is 2. The quantitative estimate of drug-likeness (QED) is 0.632. The van der Waals surface area contributed by atoms with Crippen LogP contribution in [0.15, 0.2) is 78.9 Å². The van der Waals surface area contributed by atoms with E-state index in [1.54, 1.807) is 0 Å². The van der Waals surface area contributed by atoms with E-state index in [0.29, 0.717) is 16.7 Å². The lowest BCUT2D eigenvalue weighted by molar-refractivity contribution is 0.764. The third-order valence-corrected chi connectivity index (χ3v) is 4.31. The Morgan fingerprint density at radius 2 is 1.56 bits per heavy atom. The highest BCUT2D eigenvalue weighted by Crippen LogP contribution is 2.27. The second kappa shape index (κ2) is 6.99. The summed E-state index contributed by atoms with van der Waals surface area (Å²) in [7, 11) is 0. The molecule has 2 aromatic carbocycles. The van der Waals surface area contributed by atoms with E-state index in [-0.39, 0.29) is 5.92 Å². The zero-order valence-corrected chi connectivity index (χ0v) is 14.3. The number of nitrogens with zero attached hydrogens (tertiary/aromatic N) is 3. The molecule has 3 aromatic rings. The molecule has 1 heterocycles. The van der Waals surface area contributed by atoms with Gasteiger partial charge < -0.3 is 0 Å². The highest BCUT2D eigenvalue weighted by molar-refractivity contribution is 6.30. The van der Waals surface area contributed by atoms with Crippen LogP contribution in [0.25, 0.3) is 22.8 Å².